The lowest BCUT2D eigenvalue weighted by atomic mass is 10.0. The summed E-state index contributed by atoms with van der Waals surface area (Å²) in [5.74, 6) is 0.151. The number of nitriles is 1. The lowest BCUT2D eigenvalue weighted by Crippen LogP contribution is -2.39. The number of aromatic nitrogens is 4. The molecule has 6 rings (SSSR count). The van der Waals surface area contributed by atoms with Gasteiger partial charge in [0.05, 0.1) is 21.5 Å². The Morgan fingerprint density at radius 1 is 1.08 bits per heavy atom. The zero-order valence-corrected chi connectivity index (χ0v) is 28.9. The van der Waals surface area contributed by atoms with Crippen molar-refractivity contribution in [3.63, 3.8) is 0 Å². The van der Waals surface area contributed by atoms with Crippen LogP contribution < -0.4 is 19.9 Å². The summed E-state index contributed by atoms with van der Waals surface area (Å²) in [7, 11) is -4.27. The van der Waals surface area contributed by atoms with Gasteiger partial charge in [0.25, 0.3) is 9.84 Å². The largest absolute Gasteiger partial charge is 0.451 e. The number of thioether (sulfide) groups is 1. The fraction of sp³-hybridized carbons (Fsp3) is 0.257. The minimum absolute atomic E-state index is 0.0486. The molecular formula is C35H33N7O6S2. The Kier molecular flexibility index (Phi) is 10.3. The summed E-state index contributed by atoms with van der Waals surface area (Å²) in [6.07, 6.45) is 0.285. The van der Waals surface area contributed by atoms with Crippen LogP contribution in [-0.4, -0.2) is 54.4 Å². The molecule has 50 heavy (non-hydrogen) atoms. The van der Waals surface area contributed by atoms with E-state index >= 15 is 0 Å². The highest BCUT2D eigenvalue weighted by molar-refractivity contribution is 7.99. The zero-order valence-electron chi connectivity index (χ0n) is 27.2. The van der Waals surface area contributed by atoms with Gasteiger partial charge in [-0.15, -0.1) is 0 Å². The summed E-state index contributed by atoms with van der Waals surface area (Å²) in [5, 5.41) is 28.8. The first-order chi connectivity index (χ1) is 24.1. The Morgan fingerprint density at radius 2 is 1.78 bits per heavy atom. The van der Waals surface area contributed by atoms with E-state index < -0.39 is 26.8 Å². The summed E-state index contributed by atoms with van der Waals surface area (Å²) in [6, 6.07) is 26.8. The minimum atomic E-state index is -4.27. The number of amides is 1. The third kappa shape index (κ3) is 7.56. The van der Waals surface area contributed by atoms with Crippen molar-refractivity contribution in [2.24, 2.45) is 0 Å². The maximum atomic E-state index is 13.2. The van der Waals surface area contributed by atoms with E-state index in [4.69, 9.17) is 14.7 Å². The molecule has 1 saturated heterocycles. The molecule has 0 atom stereocenters. The fourth-order valence-corrected chi connectivity index (χ4v) is 7.42. The normalized spacial score (nSPS) is 13.6. The zero-order chi connectivity index (χ0) is 35.3. The molecule has 0 unspecified atom stereocenters. The van der Waals surface area contributed by atoms with Crippen LogP contribution in [0.15, 0.2) is 105 Å². The topological polar surface area (TPSA) is 178 Å². The molecule has 1 aliphatic rings. The number of sulfone groups is 1. The number of ether oxygens (including phenoxy) is 1. The second-order valence-electron chi connectivity index (χ2n) is 11.8. The lowest BCUT2D eigenvalue weighted by Gasteiger charge is -2.32. The molecule has 1 N–H and O–H groups in total. The molecule has 1 aliphatic heterocycles. The summed E-state index contributed by atoms with van der Waals surface area (Å²) in [6.45, 7) is 4.95. The number of hydrogen-bond acceptors (Lipinski definition) is 12. The van der Waals surface area contributed by atoms with Gasteiger partial charge in [0.2, 0.25) is 5.91 Å². The summed E-state index contributed by atoms with van der Waals surface area (Å²) in [4.78, 5) is 24.1. The molecule has 13 nitrogen and oxygen atoms in total. The first-order valence-corrected chi connectivity index (χ1v) is 18.3. The number of carbonyl (C=O) groups is 1. The Morgan fingerprint density at radius 3 is 2.46 bits per heavy atom. The van der Waals surface area contributed by atoms with Crippen molar-refractivity contribution in [2.75, 3.05) is 29.1 Å². The van der Waals surface area contributed by atoms with Crippen molar-refractivity contribution < 1.29 is 27.5 Å². The standard InChI is InChI=1S/C35H33N7O6S2/c1-23(2)25-12-9-13-26(20-25)37-30(43)22-49-35-38-31(24-10-5-3-6-11-24)29(21-36)32(39-35)41-18-16-27(17-19-41)47-33-34(42(44)48-40-33)50(45,46)28-14-7-4-8-15-28/h3-15,20,23,27H,16-19,22H2,1-2H3,(H,37,43). The van der Waals surface area contributed by atoms with Crippen LogP contribution in [-0.2, 0) is 14.6 Å². The van der Waals surface area contributed by atoms with Crippen LogP contribution in [0.3, 0.4) is 0 Å². The number of benzene rings is 3. The van der Waals surface area contributed by atoms with E-state index in [-0.39, 0.29) is 27.0 Å². The van der Waals surface area contributed by atoms with Crippen molar-refractivity contribution in [3.05, 3.63) is 101 Å². The van der Waals surface area contributed by atoms with E-state index in [1.165, 1.54) is 23.9 Å². The molecule has 0 bridgehead atoms. The fourth-order valence-electron chi connectivity index (χ4n) is 5.50. The second kappa shape index (κ2) is 15.0. The van der Waals surface area contributed by atoms with Gasteiger partial charge in [-0.25, -0.2) is 18.4 Å². The van der Waals surface area contributed by atoms with Crippen LogP contribution in [0.2, 0.25) is 0 Å². The maximum Gasteiger partial charge on any atom is 0.415 e. The first kappa shape index (κ1) is 34.4. The third-order valence-corrected chi connectivity index (χ3v) is 10.6. The monoisotopic (exact) mass is 711 g/mol. The second-order valence-corrected chi connectivity index (χ2v) is 14.6. The highest BCUT2D eigenvalue weighted by atomic mass is 32.2. The van der Waals surface area contributed by atoms with Gasteiger partial charge in [-0.05, 0) is 40.6 Å². The number of piperidine rings is 1. The van der Waals surface area contributed by atoms with Crippen molar-refractivity contribution in [3.8, 4) is 23.2 Å². The van der Waals surface area contributed by atoms with E-state index in [1.807, 2.05) is 59.5 Å². The summed E-state index contributed by atoms with van der Waals surface area (Å²) >= 11 is 1.17. The first-order valence-electron chi connectivity index (χ1n) is 15.9. The Bertz CT molecular complexity index is 2130. The van der Waals surface area contributed by atoms with Gasteiger partial charge >= 0.3 is 10.9 Å². The van der Waals surface area contributed by atoms with Gasteiger partial charge in [0.15, 0.2) is 11.0 Å². The van der Waals surface area contributed by atoms with E-state index in [1.54, 1.807) is 18.2 Å². The molecule has 0 radical (unpaired) electrons. The highest BCUT2D eigenvalue weighted by Gasteiger charge is 2.38. The molecule has 1 amide bonds. The van der Waals surface area contributed by atoms with Crippen LogP contribution in [0.25, 0.3) is 11.3 Å². The highest BCUT2D eigenvalue weighted by Crippen LogP contribution is 2.33. The average Bonchev–Trinajstić information content (AvgIpc) is 3.51. The van der Waals surface area contributed by atoms with Crippen molar-refractivity contribution in [2.45, 2.75) is 53.8 Å². The van der Waals surface area contributed by atoms with E-state index in [0.29, 0.717) is 54.2 Å². The quantitative estimate of drug-likeness (QED) is 0.105. The molecule has 0 spiro atoms. The summed E-state index contributed by atoms with van der Waals surface area (Å²) < 4.78 is 37.0. The molecule has 3 heterocycles. The Hall–Kier alpha value is -5.46. The summed E-state index contributed by atoms with van der Waals surface area (Å²) in [5.41, 5.74) is 3.29. The van der Waals surface area contributed by atoms with E-state index in [0.717, 1.165) is 11.1 Å². The van der Waals surface area contributed by atoms with Crippen LogP contribution in [0.4, 0.5) is 11.5 Å². The van der Waals surface area contributed by atoms with E-state index in [2.05, 4.69) is 35.0 Å². The van der Waals surface area contributed by atoms with Crippen molar-refractivity contribution in [1.29, 1.82) is 5.26 Å². The molecule has 0 aliphatic carbocycles. The van der Waals surface area contributed by atoms with Crippen LogP contribution in [0, 0.1) is 16.5 Å². The molecule has 256 valence electrons. The minimum Gasteiger partial charge on any atom is -0.451 e. The molecule has 5 aromatic rings. The predicted molar refractivity (Wildman–Crippen MR) is 185 cm³/mol. The SMILES string of the molecule is CC(C)c1cccc(NC(=O)CSc2nc(-c3ccccc3)c(C#N)c(N3CCC(Oc4no[n+]([O-])c4S(=O)(=O)c4ccccc4)CC3)n2)c1. The number of anilines is 2. The number of nitrogens with zero attached hydrogens (tertiary/aromatic N) is 6. The molecule has 0 saturated carbocycles. The third-order valence-electron chi connectivity index (χ3n) is 8.07. The molecule has 3 aromatic carbocycles. The van der Waals surface area contributed by atoms with Crippen LogP contribution in [0.1, 0.15) is 43.7 Å². The Labute approximate surface area is 293 Å². The van der Waals surface area contributed by atoms with Gasteiger partial charge in [0.1, 0.15) is 17.7 Å². The van der Waals surface area contributed by atoms with Gasteiger partial charge in [-0.2, -0.15) is 5.26 Å². The molecular weight excluding hydrogens is 679 g/mol. The number of carbonyl (C=O) groups excluding carboxylic acids is 1. The smallest absolute Gasteiger partial charge is 0.415 e. The maximum absolute atomic E-state index is 13.2. The number of hydrogen-bond donors (Lipinski definition) is 1. The number of rotatable bonds is 11. The molecule has 1 fully saturated rings. The van der Waals surface area contributed by atoms with Crippen LogP contribution in [0.5, 0.6) is 5.88 Å². The van der Waals surface area contributed by atoms with Crippen LogP contribution >= 0.6 is 11.8 Å². The van der Waals surface area contributed by atoms with Crippen molar-refractivity contribution >= 4 is 39.0 Å². The van der Waals surface area contributed by atoms with Gasteiger partial charge < -0.3 is 20.2 Å². The van der Waals surface area contributed by atoms with Gasteiger partial charge in [0, 0.05) is 37.2 Å². The van der Waals surface area contributed by atoms with E-state index in [9.17, 15) is 23.7 Å². The van der Waals surface area contributed by atoms with Gasteiger partial charge in [-0.1, -0.05) is 86.3 Å². The molecule has 2 aromatic heterocycles. The lowest BCUT2D eigenvalue weighted by molar-refractivity contribution is -0.832. The number of nitrogens with one attached hydrogen (secondary N) is 1. The van der Waals surface area contributed by atoms with Gasteiger partial charge in [-0.3, -0.25) is 9.42 Å². The predicted octanol–water partition coefficient (Wildman–Crippen LogP) is 5.37. The average molecular weight is 712 g/mol. The Balaban J connectivity index is 1.20. The molecule has 15 heteroatoms. The van der Waals surface area contributed by atoms with Crippen molar-refractivity contribution in [1.82, 2.24) is 15.1 Å².